The highest BCUT2D eigenvalue weighted by Crippen LogP contribution is 2.20. The summed E-state index contributed by atoms with van der Waals surface area (Å²) in [6.45, 7) is -0.00112. The van der Waals surface area contributed by atoms with Crippen molar-refractivity contribution in [2.45, 2.75) is 6.61 Å². The standard InChI is InChI=1S/C18H13ClN2O4/c19-12-6-8-13(9-7-12)20-15-14(16(22)21-17(15)23)18(24)25-10-11-4-2-1-3-5-11/h1-9H,10H2,(H2,20,21,22,23). The maximum absolute atomic E-state index is 12.3. The second-order valence-electron chi connectivity index (χ2n) is 5.23. The van der Waals surface area contributed by atoms with Crippen molar-refractivity contribution in [1.29, 1.82) is 0 Å². The van der Waals surface area contributed by atoms with E-state index in [1.54, 1.807) is 36.4 Å². The van der Waals surface area contributed by atoms with E-state index in [0.717, 1.165) is 5.56 Å². The fourth-order valence-electron chi connectivity index (χ4n) is 2.24. The molecule has 0 saturated carbocycles. The van der Waals surface area contributed by atoms with Crippen LogP contribution in [0.4, 0.5) is 5.69 Å². The Morgan fingerprint density at radius 3 is 2.36 bits per heavy atom. The molecule has 2 N–H and O–H groups in total. The van der Waals surface area contributed by atoms with Crippen molar-refractivity contribution in [3.8, 4) is 0 Å². The van der Waals surface area contributed by atoms with Crippen LogP contribution in [0.2, 0.25) is 5.02 Å². The summed E-state index contributed by atoms with van der Waals surface area (Å²) in [5, 5.41) is 5.37. The zero-order valence-corrected chi connectivity index (χ0v) is 13.7. The number of hydrogen-bond donors (Lipinski definition) is 2. The van der Waals surface area contributed by atoms with Crippen molar-refractivity contribution < 1.29 is 19.1 Å². The number of rotatable bonds is 5. The first-order chi connectivity index (χ1) is 12.0. The van der Waals surface area contributed by atoms with Crippen LogP contribution in [-0.2, 0) is 25.7 Å². The lowest BCUT2D eigenvalue weighted by atomic mass is 10.2. The summed E-state index contributed by atoms with van der Waals surface area (Å²) in [5.74, 6) is -2.35. The van der Waals surface area contributed by atoms with Crippen molar-refractivity contribution in [3.05, 3.63) is 76.5 Å². The molecule has 126 valence electrons. The Morgan fingerprint density at radius 1 is 1.00 bits per heavy atom. The van der Waals surface area contributed by atoms with Gasteiger partial charge in [-0.2, -0.15) is 0 Å². The molecule has 7 heteroatoms. The van der Waals surface area contributed by atoms with Gasteiger partial charge in [0.2, 0.25) is 0 Å². The molecule has 2 amide bonds. The number of carbonyl (C=O) groups excluding carboxylic acids is 3. The van der Waals surface area contributed by atoms with Crippen molar-refractivity contribution >= 4 is 35.1 Å². The first-order valence-corrected chi connectivity index (χ1v) is 7.76. The largest absolute Gasteiger partial charge is 0.457 e. The van der Waals surface area contributed by atoms with E-state index in [1.807, 2.05) is 18.2 Å². The van der Waals surface area contributed by atoms with Crippen LogP contribution in [0.5, 0.6) is 0 Å². The molecule has 6 nitrogen and oxygen atoms in total. The van der Waals surface area contributed by atoms with Gasteiger partial charge in [0, 0.05) is 10.7 Å². The Labute approximate surface area is 148 Å². The van der Waals surface area contributed by atoms with Gasteiger partial charge in [-0.05, 0) is 29.8 Å². The Hall–Kier alpha value is -3.12. The first-order valence-electron chi connectivity index (χ1n) is 7.38. The van der Waals surface area contributed by atoms with Crippen LogP contribution in [0, 0.1) is 0 Å². The van der Waals surface area contributed by atoms with Gasteiger partial charge in [0.25, 0.3) is 11.8 Å². The maximum Gasteiger partial charge on any atom is 0.346 e. The van der Waals surface area contributed by atoms with Crippen LogP contribution < -0.4 is 10.6 Å². The quantitative estimate of drug-likeness (QED) is 0.488. The number of nitrogens with one attached hydrogen (secondary N) is 2. The molecule has 2 aromatic carbocycles. The van der Waals surface area contributed by atoms with E-state index in [1.165, 1.54) is 0 Å². The van der Waals surface area contributed by atoms with Crippen LogP contribution in [-0.4, -0.2) is 17.8 Å². The average molecular weight is 357 g/mol. The van der Waals surface area contributed by atoms with Gasteiger partial charge in [-0.1, -0.05) is 41.9 Å². The molecular formula is C18H13ClN2O4. The number of anilines is 1. The molecule has 0 bridgehead atoms. The average Bonchev–Trinajstić information content (AvgIpc) is 2.89. The molecule has 0 fully saturated rings. The van der Waals surface area contributed by atoms with Gasteiger partial charge in [0.15, 0.2) is 5.57 Å². The molecule has 2 aromatic rings. The number of amides is 2. The zero-order valence-electron chi connectivity index (χ0n) is 12.9. The van der Waals surface area contributed by atoms with E-state index in [-0.39, 0.29) is 17.9 Å². The molecule has 1 aliphatic rings. The number of hydrogen-bond acceptors (Lipinski definition) is 5. The molecule has 0 aromatic heterocycles. The van der Waals surface area contributed by atoms with Gasteiger partial charge in [-0.25, -0.2) is 4.79 Å². The number of halogens is 1. The lowest BCUT2D eigenvalue weighted by Crippen LogP contribution is -2.25. The van der Waals surface area contributed by atoms with Crippen molar-refractivity contribution in [3.63, 3.8) is 0 Å². The summed E-state index contributed by atoms with van der Waals surface area (Å²) >= 11 is 5.81. The fourth-order valence-corrected chi connectivity index (χ4v) is 2.37. The monoisotopic (exact) mass is 356 g/mol. The summed E-state index contributed by atoms with van der Waals surface area (Å²) in [5.41, 5.74) is 0.785. The van der Waals surface area contributed by atoms with E-state index in [2.05, 4.69) is 10.6 Å². The smallest absolute Gasteiger partial charge is 0.346 e. The third kappa shape index (κ3) is 3.87. The number of esters is 1. The predicted molar refractivity (Wildman–Crippen MR) is 91.5 cm³/mol. The van der Waals surface area contributed by atoms with Crippen LogP contribution in [0.15, 0.2) is 65.9 Å². The van der Waals surface area contributed by atoms with Gasteiger partial charge in [0.1, 0.15) is 12.3 Å². The highest BCUT2D eigenvalue weighted by molar-refractivity contribution is 6.31. The summed E-state index contributed by atoms with van der Waals surface area (Å²) in [7, 11) is 0. The number of imide groups is 1. The van der Waals surface area contributed by atoms with Gasteiger partial charge in [-0.3, -0.25) is 14.9 Å². The van der Waals surface area contributed by atoms with Gasteiger partial charge < -0.3 is 10.1 Å². The minimum atomic E-state index is -0.872. The minimum Gasteiger partial charge on any atom is -0.457 e. The van der Waals surface area contributed by atoms with E-state index < -0.39 is 17.8 Å². The topological polar surface area (TPSA) is 84.5 Å². The van der Waals surface area contributed by atoms with Gasteiger partial charge in [0.05, 0.1) is 0 Å². The van der Waals surface area contributed by atoms with E-state index in [4.69, 9.17) is 16.3 Å². The van der Waals surface area contributed by atoms with E-state index in [0.29, 0.717) is 10.7 Å². The number of carbonyl (C=O) groups is 3. The summed E-state index contributed by atoms with van der Waals surface area (Å²) < 4.78 is 5.15. The lowest BCUT2D eigenvalue weighted by Gasteiger charge is -2.08. The Kier molecular flexibility index (Phi) is 4.81. The molecule has 0 aliphatic carbocycles. The third-order valence-corrected chi connectivity index (χ3v) is 3.71. The van der Waals surface area contributed by atoms with Crippen molar-refractivity contribution in [2.75, 3.05) is 5.32 Å². The number of benzene rings is 2. The van der Waals surface area contributed by atoms with Crippen molar-refractivity contribution in [2.24, 2.45) is 0 Å². The summed E-state index contributed by atoms with van der Waals surface area (Å²) in [4.78, 5) is 36.2. The number of ether oxygens (including phenoxy) is 1. The highest BCUT2D eigenvalue weighted by Gasteiger charge is 2.36. The normalized spacial score (nSPS) is 13.6. The summed E-state index contributed by atoms with van der Waals surface area (Å²) in [6, 6.07) is 15.5. The first kappa shape index (κ1) is 16.7. The molecular weight excluding hydrogens is 344 g/mol. The summed E-state index contributed by atoms with van der Waals surface area (Å²) in [6.07, 6.45) is 0. The van der Waals surface area contributed by atoms with Crippen LogP contribution in [0.25, 0.3) is 0 Å². The SMILES string of the molecule is O=C1NC(=O)C(C(=O)OCc2ccccc2)=C1Nc1ccc(Cl)cc1. The Bertz CT molecular complexity index is 860. The highest BCUT2D eigenvalue weighted by atomic mass is 35.5. The minimum absolute atomic E-state index is 0.00112. The second-order valence-corrected chi connectivity index (χ2v) is 5.66. The maximum atomic E-state index is 12.3. The third-order valence-electron chi connectivity index (χ3n) is 3.46. The molecule has 1 aliphatic heterocycles. The van der Waals surface area contributed by atoms with E-state index >= 15 is 0 Å². The molecule has 0 atom stereocenters. The van der Waals surface area contributed by atoms with E-state index in [9.17, 15) is 14.4 Å². The van der Waals surface area contributed by atoms with Gasteiger partial charge >= 0.3 is 5.97 Å². The fraction of sp³-hybridized carbons (Fsp3) is 0.0556. The van der Waals surface area contributed by atoms with Crippen LogP contribution in [0.1, 0.15) is 5.56 Å². The Morgan fingerprint density at radius 2 is 1.68 bits per heavy atom. The second kappa shape index (κ2) is 7.19. The van der Waals surface area contributed by atoms with Crippen molar-refractivity contribution in [1.82, 2.24) is 5.32 Å². The predicted octanol–water partition coefficient (Wildman–Crippen LogP) is 2.41. The molecule has 3 rings (SSSR count). The molecule has 25 heavy (non-hydrogen) atoms. The molecule has 0 spiro atoms. The van der Waals surface area contributed by atoms with Crippen LogP contribution >= 0.6 is 11.6 Å². The Balaban J connectivity index is 1.80. The lowest BCUT2D eigenvalue weighted by molar-refractivity contribution is -0.141. The molecule has 0 radical (unpaired) electrons. The molecule has 0 unspecified atom stereocenters. The zero-order chi connectivity index (χ0) is 17.8. The molecule has 0 saturated heterocycles. The van der Waals surface area contributed by atoms with Gasteiger partial charge in [-0.15, -0.1) is 0 Å². The van der Waals surface area contributed by atoms with Crippen LogP contribution in [0.3, 0.4) is 0 Å². The molecule has 1 heterocycles.